The first kappa shape index (κ1) is 22.6. The Hall–Kier alpha value is -2.60. The first-order valence-corrected chi connectivity index (χ1v) is 11.6. The maximum atomic E-state index is 15.2. The third-order valence-electron chi connectivity index (χ3n) is 6.18. The van der Waals surface area contributed by atoms with Crippen molar-refractivity contribution in [2.75, 3.05) is 0 Å². The van der Waals surface area contributed by atoms with E-state index in [9.17, 15) is 9.18 Å². The fourth-order valence-electron chi connectivity index (χ4n) is 3.89. The summed E-state index contributed by atoms with van der Waals surface area (Å²) in [4.78, 5) is 12.8. The van der Waals surface area contributed by atoms with Crippen molar-refractivity contribution in [3.63, 3.8) is 0 Å². The van der Waals surface area contributed by atoms with Gasteiger partial charge in [0, 0.05) is 33.6 Å². The van der Waals surface area contributed by atoms with Crippen LogP contribution in [-0.4, -0.2) is 11.1 Å². The Morgan fingerprint density at radius 2 is 1.81 bits per heavy atom. The van der Waals surface area contributed by atoms with Crippen LogP contribution in [0.3, 0.4) is 0 Å². The van der Waals surface area contributed by atoms with Crippen LogP contribution in [0.15, 0.2) is 54.6 Å². The van der Waals surface area contributed by atoms with Crippen molar-refractivity contribution in [3.05, 3.63) is 82.0 Å². The van der Waals surface area contributed by atoms with Gasteiger partial charge in [0.05, 0.1) is 0 Å². The first-order chi connectivity index (χ1) is 15.2. The summed E-state index contributed by atoms with van der Waals surface area (Å²) in [6.45, 7) is 2.20. The molecule has 0 aliphatic heterocycles. The van der Waals surface area contributed by atoms with E-state index in [1.165, 1.54) is 29.1 Å². The number of carboxylic acid groups (broad SMARTS) is 1. The molecule has 0 spiro atoms. The van der Waals surface area contributed by atoms with Gasteiger partial charge in [-0.3, -0.25) is 4.79 Å². The standard InChI is InChI=1S/C26H25F3O2S/c1-25(13-14-25)23-12-11-22(32-23)21-10-9-20(27)15-18(21)16-26(28,29)19-7-5-17(6-8-19)3-2-4-24(30)31/h5-12,15H,2-4,13-14,16H2,1H3,(H,30,31). The Morgan fingerprint density at radius 1 is 1.09 bits per heavy atom. The van der Waals surface area contributed by atoms with Crippen LogP contribution >= 0.6 is 11.3 Å². The van der Waals surface area contributed by atoms with Gasteiger partial charge in [0.2, 0.25) is 0 Å². The van der Waals surface area contributed by atoms with Gasteiger partial charge in [-0.05, 0) is 66.6 Å². The minimum atomic E-state index is -3.16. The van der Waals surface area contributed by atoms with Crippen molar-refractivity contribution >= 4 is 17.3 Å². The summed E-state index contributed by atoms with van der Waals surface area (Å²) in [5, 5.41) is 8.73. The molecule has 0 atom stereocenters. The lowest BCUT2D eigenvalue weighted by atomic mass is 9.95. The number of alkyl halides is 2. The number of carboxylic acids is 1. The zero-order chi connectivity index (χ0) is 22.9. The predicted octanol–water partition coefficient (Wildman–Crippen LogP) is 7.35. The average molecular weight is 459 g/mol. The van der Waals surface area contributed by atoms with Crippen molar-refractivity contribution in [2.45, 2.75) is 56.8 Å². The van der Waals surface area contributed by atoms with Gasteiger partial charge < -0.3 is 5.11 Å². The summed E-state index contributed by atoms with van der Waals surface area (Å²) in [5.74, 6) is -4.56. The highest BCUT2D eigenvalue weighted by Crippen LogP contribution is 2.51. The molecule has 2 aromatic carbocycles. The largest absolute Gasteiger partial charge is 0.481 e. The molecule has 3 aromatic rings. The van der Waals surface area contributed by atoms with Gasteiger partial charge in [-0.2, -0.15) is 0 Å². The normalized spacial score (nSPS) is 15.0. The van der Waals surface area contributed by atoms with E-state index in [0.29, 0.717) is 18.4 Å². The Bertz CT molecular complexity index is 1110. The van der Waals surface area contributed by atoms with Gasteiger partial charge in [-0.15, -0.1) is 11.3 Å². The number of hydrogen-bond acceptors (Lipinski definition) is 2. The van der Waals surface area contributed by atoms with Gasteiger partial charge in [-0.1, -0.05) is 37.3 Å². The van der Waals surface area contributed by atoms with Crippen molar-refractivity contribution in [2.24, 2.45) is 0 Å². The lowest BCUT2D eigenvalue weighted by molar-refractivity contribution is -0.137. The molecular formula is C26H25F3O2S. The highest BCUT2D eigenvalue weighted by molar-refractivity contribution is 7.15. The summed E-state index contributed by atoms with van der Waals surface area (Å²) >= 11 is 1.60. The molecule has 1 fully saturated rings. The average Bonchev–Trinajstić information content (AvgIpc) is 3.28. The summed E-state index contributed by atoms with van der Waals surface area (Å²) in [5.41, 5.74) is 1.81. The van der Waals surface area contributed by atoms with Crippen LogP contribution in [0.4, 0.5) is 13.2 Å². The van der Waals surface area contributed by atoms with E-state index >= 15 is 8.78 Å². The number of halogens is 3. The molecule has 0 saturated heterocycles. The minimum absolute atomic E-state index is 0.0455. The molecule has 1 N–H and O–H groups in total. The molecule has 0 radical (unpaired) electrons. The third kappa shape index (κ3) is 5.07. The molecule has 1 heterocycles. The quantitative estimate of drug-likeness (QED) is 0.364. The first-order valence-electron chi connectivity index (χ1n) is 10.7. The molecule has 1 aliphatic carbocycles. The minimum Gasteiger partial charge on any atom is -0.481 e. The third-order valence-corrected chi connectivity index (χ3v) is 7.60. The Morgan fingerprint density at radius 3 is 2.47 bits per heavy atom. The van der Waals surface area contributed by atoms with E-state index in [1.54, 1.807) is 29.5 Å². The number of thiophene rings is 1. The van der Waals surface area contributed by atoms with Gasteiger partial charge in [0.25, 0.3) is 5.92 Å². The SMILES string of the molecule is CC1(c2ccc(-c3ccc(F)cc3CC(F)(F)c3ccc(CCCC(=O)O)cc3)s2)CC1. The smallest absolute Gasteiger partial charge is 0.303 e. The monoisotopic (exact) mass is 458 g/mol. The van der Waals surface area contributed by atoms with Gasteiger partial charge in [0.15, 0.2) is 0 Å². The molecule has 168 valence electrons. The van der Waals surface area contributed by atoms with Crippen molar-refractivity contribution in [1.82, 2.24) is 0 Å². The zero-order valence-electron chi connectivity index (χ0n) is 17.8. The Balaban J connectivity index is 1.54. The number of rotatable bonds is 9. The van der Waals surface area contributed by atoms with Crippen LogP contribution in [0, 0.1) is 5.82 Å². The summed E-state index contributed by atoms with van der Waals surface area (Å²) in [6.07, 6.45) is 2.69. The summed E-state index contributed by atoms with van der Waals surface area (Å²) < 4.78 is 44.3. The second kappa shape index (κ2) is 8.74. The highest BCUT2D eigenvalue weighted by Gasteiger charge is 2.40. The van der Waals surface area contributed by atoms with Crippen LogP contribution < -0.4 is 0 Å². The fraction of sp³-hybridized carbons (Fsp3) is 0.346. The Labute approximate surface area is 189 Å². The number of carbonyl (C=O) groups is 1. The van der Waals surface area contributed by atoms with Crippen molar-refractivity contribution in [3.8, 4) is 10.4 Å². The molecule has 1 aliphatic rings. The zero-order valence-corrected chi connectivity index (χ0v) is 18.7. The van der Waals surface area contributed by atoms with Crippen molar-refractivity contribution < 1.29 is 23.1 Å². The van der Waals surface area contributed by atoms with Gasteiger partial charge in [0.1, 0.15) is 5.82 Å². The molecule has 4 rings (SSSR count). The summed E-state index contributed by atoms with van der Waals surface area (Å²) in [6, 6.07) is 14.1. The molecule has 1 aromatic heterocycles. The number of aliphatic carboxylic acids is 1. The molecule has 2 nitrogen and oxygen atoms in total. The van der Waals surface area contributed by atoms with E-state index in [1.807, 2.05) is 6.07 Å². The maximum Gasteiger partial charge on any atom is 0.303 e. The maximum absolute atomic E-state index is 15.2. The van der Waals surface area contributed by atoms with Gasteiger partial charge in [-0.25, -0.2) is 13.2 Å². The van der Waals surface area contributed by atoms with Gasteiger partial charge >= 0.3 is 5.97 Å². The molecule has 0 bridgehead atoms. The van der Waals surface area contributed by atoms with E-state index in [-0.39, 0.29) is 23.0 Å². The fourth-order valence-corrected chi connectivity index (χ4v) is 5.16. The van der Waals surface area contributed by atoms with E-state index in [0.717, 1.165) is 23.3 Å². The lowest BCUT2D eigenvalue weighted by Crippen LogP contribution is -2.17. The van der Waals surface area contributed by atoms with Crippen LogP contribution in [-0.2, 0) is 29.0 Å². The highest BCUT2D eigenvalue weighted by atomic mass is 32.1. The second-order valence-electron chi connectivity index (χ2n) is 8.85. The number of hydrogen-bond donors (Lipinski definition) is 1. The number of aryl methyl sites for hydroxylation is 1. The van der Waals surface area contributed by atoms with Crippen molar-refractivity contribution in [1.29, 1.82) is 0 Å². The number of benzene rings is 2. The molecule has 0 amide bonds. The molecule has 6 heteroatoms. The molecular weight excluding hydrogens is 433 g/mol. The van der Waals surface area contributed by atoms with E-state index in [4.69, 9.17) is 5.11 Å². The van der Waals surface area contributed by atoms with E-state index < -0.39 is 24.1 Å². The van der Waals surface area contributed by atoms with Crippen LogP contribution in [0.1, 0.15) is 54.2 Å². The molecule has 0 unspecified atom stereocenters. The van der Waals surface area contributed by atoms with E-state index in [2.05, 4.69) is 13.0 Å². The topological polar surface area (TPSA) is 37.3 Å². The van der Waals surface area contributed by atoms with Crippen LogP contribution in [0.2, 0.25) is 0 Å². The lowest BCUT2D eigenvalue weighted by Gasteiger charge is -2.19. The van der Waals surface area contributed by atoms with Crippen LogP contribution in [0.5, 0.6) is 0 Å². The summed E-state index contributed by atoms with van der Waals surface area (Å²) in [7, 11) is 0. The predicted molar refractivity (Wildman–Crippen MR) is 121 cm³/mol. The molecule has 32 heavy (non-hydrogen) atoms. The molecule has 1 saturated carbocycles. The van der Waals surface area contributed by atoms with Crippen LogP contribution in [0.25, 0.3) is 10.4 Å². The second-order valence-corrected chi connectivity index (χ2v) is 9.94. The Kier molecular flexibility index (Phi) is 6.17.